The Bertz CT molecular complexity index is 1060. The molecule has 0 saturated carbocycles. The van der Waals surface area contributed by atoms with Crippen LogP contribution in [0.3, 0.4) is 0 Å². The number of ether oxygens (including phenoxy) is 2. The number of rotatable bonds is 6. The summed E-state index contributed by atoms with van der Waals surface area (Å²) >= 11 is 0. The molecule has 0 unspecified atom stereocenters. The Hall–Kier alpha value is -2.40. The molecular weight excluding hydrogens is 434 g/mol. The Kier molecular flexibility index (Phi) is 6.85. The van der Waals surface area contributed by atoms with Crippen LogP contribution in [0.2, 0.25) is 0 Å². The molecule has 2 saturated heterocycles. The second kappa shape index (κ2) is 9.62. The molecule has 2 fully saturated rings. The third-order valence-electron chi connectivity index (χ3n) is 5.69. The summed E-state index contributed by atoms with van der Waals surface area (Å²) in [4.78, 5) is 17.2. The van der Waals surface area contributed by atoms with Crippen molar-refractivity contribution in [3.05, 3.63) is 47.4 Å². The summed E-state index contributed by atoms with van der Waals surface area (Å²) < 4.78 is 44.2. The van der Waals surface area contributed by atoms with Crippen molar-refractivity contribution in [3.8, 4) is 0 Å². The van der Waals surface area contributed by atoms with E-state index in [0.717, 1.165) is 5.76 Å². The van der Waals surface area contributed by atoms with Crippen LogP contribution in [-0.4, -0.2) is 83.2 Å². The van der Waals surface area contributed by atoms with Gasteiger partial charge >= 0.3 is 0 Å². The topological polar surface area (TPSA) is 92.5 Å². The summed E-state index contributed by atoms with van der Waals surface area (Å²) in [7, 11) is -2.04. The molecule has 4 rings (SSSR count). The number of benzene rings is 1. The van der Waals surface area contributed by atoms with Crippen molar-refractivity contribution in [3.63, 3.8) is 0 Å². The van der Waals surface area contributed by atoms with Crippen molar-refractivity contribution >= 4 is 21.6 Å². The molecule has 0 bridgehead atoms. The van der Waals surface area contributed by atoms with Gasteiger partial charge in [-0.25, -0.2) is 8.42 Å². The molecule has 9 nitrogen and oxygen atoms in total. The summed E-state index contributed by atoms with van der Waals surface area (Å²) in [5.41, 5.74) is 1.06. The van der Waals surface area contributed by atoms with E-state index in [1.807, 2.05) is 19.1 Å². The highest BCUT2D eigenvalue weighted by Crippen LogP contribution is 2.28. The van der Waals surface area contributed by atoms with Crippen LogP contribution in [0.25, 0.3) is 0 Å². The van der Waals surface area contributed by atoms with Crippen LogP contribution < -0.4 is 4.90 Å². The van der Waals surface area contributed by atoms with Crippen molar-refractivity contribution in [2.45, 2.75) is 18.4 Å². The molecule has 32 heavy (non-hydrogen) atoms. The maximum Gasteiger partial charge on any atom is 0.256 e. The number of furan rings is 1. The Morgan fingerprint density at radius 3 is 2.28 bits per heavy atom. The number of aryl methyl sites for hydroxylation is 1. The summed E-state index contributed by atoms with van der Waals surface area (Å²) in [5.74, 6) is 1.18. The lowest BCUT2D eigenvalue weighted by Gasteiger charge is -2.32. The highest BCUT2D eigenvalue weighted by molar-refractivity contribution is 7.89. The molecule has 2 aliphatic rings. The van der Waals surface area contributed by atoms with Gasteiger partial charge in [0.15, 0.2) is 0 Å². The highest BCUT2D eigenvalue weighted by atomic mass is 32.2. The number of carbonyl (C=O) groups is 1. The lowest BCUT2D eigenvalue weighted by molar-refractivity contribution is 0.0730. The zero-order valence-electron chi connectivity index (χ0n) is 18.5. The Morgan fingerprint density at radius 2 is 1.66 bits per heavy atom. The van der Waals surface area contributed by atoms with Crippen molar-refractivity contribution in [1.82, 2.24) is 9.21 Å². The summed E-state index contributed by atoms with van der Waals surface area (Å²) in [6, 6.07) is 8.50. The Balaban J connectivity index is 1.67. The van der Waals surface area contributed by atoms with E-state index in [1.165, 1.54) is 10.4 Å². The van der Waals surface area contributed by atoms with Crippen molar-refractivity contribution in [1.29, 1.82) is 0 Å². The zero-order valence-corrected chi connectivity index (χ0v) is 19.3. The fourth-order valence-electron chi connectivity index (χ4n) is 3.94. The van der Waals surface area contributed by atoms with Crippen LogP contribution in [0.1, 0.15) is 21.9 Å². The molecule has 10 heteroatoms. The molecule has 1 aromatic heterocycles. The van der Waals surface area contributed by atoms with Crippen LogP contribution in [0, 0.1) is 6.92 Å². The lowest BCUT2D eigenvalue weighted by Crippen LogP contribution is -2.41. The van der Waals surface area contributed by atoms with Gasteiger partial charge in [-0.2, -0.15) is 4.31 Å². The Labute approximate surface area is 188 Å². The summed E-state index contributed by atoms with van der Waals surface area (Å²) in [5, 5.41) is 0. The molecule has 0 atom stereocenters. The van der Waals surface area contributed by atoms with E-state index >= 15 is 0 Å². The van der Waals surface area contributed by atoms with Crippen LogP contribution in [0.4, 0.5) is 5.69 Å². The average molecular weight is 464 g/mol. The first-order chi connectivity index (χ1) is 15.4. The monoisotopic (exact) mass is 463 g/mol. The first-order valence-electron chi connectivity index (χ1n) is 10.7. The van der Waals surface area contributed by atoms with Gasteiger partial charge in [0.25, 0.3) is 5.91 Å². The van der Waals surface area contributed by atoms with Gasteiger partial charge in [-0.15, -0.1) is 0 Å². The van der Waals surface area contributed by atoms with Gasteiger partial charge in [-0.05, 0) is 37.3 Å². The van der Waals surface area contributed by atoms with Crippen molar-refractivity contribution in [2.75, 3.05) is 64.6 Å². The minimum Gasteiger partial charge on any atom is -0.464 e. The number of amides is 1. The maximum absolute atomic E-state index is 13.5. The molecule has 0 N–H and O–H groups in total. The second-order valence-electron chi connectivity index (χ2n) is 7.97. The third kappa shape index (κ3) is 4.83. The average Bonchev–Trinajstić information content (AvgIpc) is 3.23. The second-order valence-corrected chi connectivity index (χ2v) is 9.91. The SMILES string of the molecule is Cc1ccc(CN(C)C(=O)c2cc(S(=O)(=O)N3CCOCC3)ccc2N2CCOCC2)o1. The third-order valence-corrected chi connectivity index (χ3v) is 7.59. The number of carbonyl (C=O) groups excluding carboxylic acids is 1. The van der Waals surface area contributed by atoms with E-state index in [2.05, 4.69) is 4.90 Å². The first-order valence-corrected chi connectivity index (χ1v) is 12.2. The molecule has 0 aliphatic carbocycles. The molecular formula is C22H29N3O6S. The van der Waals surface area contributed by atoms with Crippen LogP contribution in [0.15, 0.2) is 39.6 Å². The van der Waals surface area contributed by atoms with E-state index in [9.17, 15) is 13.2 Å². The standard InChI is InChI=1S/C22H29N3O6S/c1-17-3-4-18(31-17)16-23(2)22(26)20-15-19(32(27,28)25-9-13-30-14-10-25)5-6-21(20)24-7-11-29-12-8-24/h3-6,15H,7-14,16H2,1-2H3. The van der Waals surface area contributed by atoms with Gasteiger partial charge in [0.2, 0.25) is 10.0 Å². The minimum absolute atomic E-state index is 0.113. The first kappa shape index (κ1) is 22.8. The predicted molar refractivity (Wildman–Crippen MR) is 118 cm³/mol. The summed E-state index contributed by atoms with van der Waals surface area (Å²) in [6.45, 7) is 5.85. The quantitative estimate of drug-likeness (QED) is 0.644. The number of morpholine rings is 2. The van der Waals surface area contributed by atoms with E-state index < -0.39 is 10.0 Å². The highest BCUT2D eigenvalue weighted by Gasteiger charge is 2.29. The van der Waals surface area contributed by atoms with Gasteiger partial charge in [0, 0.05) is 38.9 Å². The number of nitrogens with zero attached hydrogens (tertiary/aromatic N) is 3. The fourth-order valence-corrected chi connectivity index (χ4v) is 5.38. The molecule has 0 spiro atoms. The van der Waals surface area contributed by atoms with Crippen LogP contribution >= 0.6 is 0 Å². The van der Waals surface area contributed by atoms with E-state index in [4.69, 9.17) is 13.9 Å². The molecule has 174 valence electrons. The van der Waals surface area contributed by atoms with Crippen molar-refractivity contribution in [2.24, 2.45) is 0 Å². The molecule has 0 radical (unpaired) electrons. The van der Waals surface area contributed by atoms with E-state index in [1.54, 1.807) is 24.1 Å². The lowest BCUT2D eigenvalue weighted by atomic mass is 10.1. The van der Waals surface area contributed by atoms with Gasteiger partial charge in [-0.3, -0.25) is 4.79 Å². The van der Waals surface area contributed by atoms with Gasteiger partial charge < -0.3 is 23.7 Å². The normalized spacial score (nSPS) is 18.0. The smallest absolute Gasteiger partial charge is 0.256 e. The van der Waals surface area contributed by atoms with E-state index in [0.29, 0.717) is 69.6 Å². The number of sulfonamides is 1. The van der Waals surface area contributed by atoms with E-state index in [-0.39, 0.29) is 17.3 Å². The molecule has 3 heterocycles. The fraction of sp³-hybridized carbons (Fsp3) is 0.500. The largest absolute Gasteiger partial charge is 0.464 e. The number of hydrogen-bond acceptors (Lipinski definition) is 7. The predicted octanol–water partition coefficient (Wildman–Crippen LogP) is 1.72. The van der Waals surface area contributed by atoms with Gasteiger partial charge in [0.1, 0.15) is 11.5 Å². The molecule has 1 amide bonds. The number of anilines is 1. The maximum atomic E-state index is 13.5. The van der Waals surface area contributed by atoms with Crippen LogP contribution in [0.5, 0.6) is 0 Å². The van der Waals surface area contributed by atoms with Gasteiger partial charge in [0.05, 0.1) is 43.4 Å². The Morgan fingerprint density at radius 1 is 1.00 bits per heavy atom. The van der Waals surface area contributed by atoms with Crippen molar-refractivity contribution < 1.29 is 27.1 Å². The van der Waals surface area contributed by atoms with Gasteiger partial charge in [-0.1, -0.05) is 0 Å². The molecule has 2 aromatic rings. The molecule has 1 aromatic carbocycles. The summed E-state index contributed by atoms with van der Waals surface area (Å²) in [6.07, 6.45) is 0. The number of hydrogen-bond donors (Lipinski definition) is 0. The minimum atomic E-state index is -3.73. The van der Waals surface area contributed by atoms with Crippen LogP contribution in [-0.2, 0) is 26.0 Å². The zero-order chi connectivity index (χ0) is 22.7. The molecule has 2 aliphatic heterocycles.